The van der Waals surface area contributed by atoms with Gasteiger partial charge in [-0.05, 0) is 5.41 Å². The number of nitrogens with two attached hydrogens (primary N) is 1. The van der Waals surface area contributed by atoms with E-state index in [1.807, 2.05) is 0 Å². The van der Waals surface area contributed by atoms with Crippen LogP contribution in [0.2, 0.25) is 0 Å². The maximum atomic E-state index is 5.36. The van der Waals surface area contributed by atoms with Crippen molar-refractivity contribution in [1.82, 2.24) is 0 Å². The molecule has 0 aliphatic carbocycles. The van der Waals surface area contributed by atoms with Crippen LogP contribution in [0.5, 0.6) is 0 Å². The molecule has 0 spiro atoms. The van der Waals surface area contributed by atoms with E-state index in [0.717, 1.165) is 0 Å². The molecule has 0 aromatic rings. The maximum absolute atomic E-state index is 5.36. The van der Waals surface area contributed by atoms with Gasteiger partial charge in [-0.1, -0.05) is 12.7 Å². The Bertz CT molecular complexity index is 70.5. The van der Waals surface area contributed by atoms with E-state index < -0.39 is 0 Å². The monoisotopic (exact) mass is 115 g/mol. The van der Waals surface area contributed by atoms with Crippen LogP contribution < -0.4 is 5.73 Å². The number of hydrogen-bond acceptors (Lipinski definition) is 2. The average molecular weight is 115 g/mol. The Hall–Kier alpha value is -0.210. The maximum Gasteiger partial charge on any atom is 0.0732 e. The highest BCUT2D eigenvalue weighted by Gasteiger charge is 1.87. The molecule has 0 bridgehead atoms. The molecule has 0 rings (SSSR count). The third-order valence-corrected chi connectivity index (χ3v) is 1.18. The molecule has 40 valence electrons. The summed E-state index contributed by atoms with van der Waals surface area (Å²) in [5.74, 6) is 0. The minimum atomic E-state index is 0.0116. The van der Waals surface area contributed by atoms with Crippen molar-refractivity contribution in [3.05, 3.63) is 24.6 Å². The second-order valence-electron chi connectivity index (χ2n) is 1.00. The van der Waals surface area contributed by atoms with E-state index in [9.17, 15) is 0 Å². The van der Waals surface area contributed by atoms with E-state index in [0.29, 0.717) is 0 Å². The van der Waals surface area contributed by atoms with E-state index >= 15 is 0 Å². The molecule has 7 heavy (non-hydrogen) atoms. The highest BCUT2D eigenvalue weighted by Crippen LogP contribution is 2.04. The van der Waals surface area contributed by atoms with Gasteiger partial charge in [-0.2, -0.15) is 0 Å². The molecule has 0 amide bonds. The molecule has 0 aromatic carbocycles. The highest BCUT2D eigenvalue weighted by molar-refractivity contribution is 8.02. The third kappa shape index (κ3) is 3.62. The van der Waals surface area contributed by atoms with Gasteiger partial charge in [0.2, 0.25) is 0 Å². The lowest BCUT2D eigenvalue weighted by Crippen LogP contribution is -2.08. The standard InChI is InChI=1S/C5H9NS/c1-3-5(6)7-4-2/h3-5H,1-2,6H2. The van der Waals surface area contributed by atoms with Crippen molar-refractivity contribution in [3.8, 4) is 0 Å². The van der Waals surface area contributed by atoms with E-state index in [2.05, 4.69) is 13.2 Å². The van der Waals surface area contributed by atoms with Crippen LogP contribution in [0.4, 0.5) is 0 Å². The zero-order chi connectivity index (χ0) is 5.70. The summed E-state index contributed by atoms with van der Waals surface area (Å²) in [6.07, 6.45) is 1.67. The lowest BCUT2D eigenvalue weighted by molar-refractivity contribution is 1.17. The molecule has 0 heterocycles. The van der Waals surface area contributed by atoms with Crippen LogP contribution in [0.3, 0.4) is 0 Å². The molecule has 0 fully saturated rings. The topological polar surface area (TPSA) is 26.0 Å². The van der Waals surface area contributed by atoms with Gasteiger partial charge in [-0.3, -0.25) is 0 Å². The van der Waals surface area contributed by atoms with Crippen LogP contribution in [0.25, 0.3) is 0 Å². The number of thioether (sulfide) groups is 1. The van der Waals surface area contributed by atoms with Gasteiger partial charge in [0.15, 0.2) is 0 Å². The zero-order valence-electron chi connectivity index (χ0n) is 4.13. The fourth-order valence-electron chi connectivity index (χ4n) is 0.167. The summed E-state index contributed by atoms with van der Waals surface area (Å²) >= 11 is 1.45. The van der Waals surface area contributed by atoms with Crippen molar-refractivity contribution in [3.63, 3.8) is 0 Å². The molecule has 2 heteroatoms. The van der Waals surface area contributed by atoms with Crippen LogP contribution in [0, 0.1) is 0 Å². The van der Waals surface area contributed by atoms with Crippen molar-refractivity contribution < 1.29 is 0 Å². The molecular weight excluding hydrogens is 106 g/mol. The van der Waals surface area contributed by atoms with Crippen molar-refractivity contribution in [2.75, 3.05) is 0 Å². The fraction of sp³-hybridized carbons (Fsp3) is 0.200. The first-order valence-electron chi connectivity index (χ1n) is 1.95. The summed E-state index contributed by atoms with van der Waals surface area (Å²) in [7, 11) is 0. The first-order chi connectivity index (χ1) is 3.31. The Morgan fingerprint density at radius 2 is 2.14 bits per heavy atom. The van der Waals surface area contributed by atoms with Crippen molar-refractivity contribution in [2.24, 2.45) is 5.73 Å². The van der Waals surface area contributed by atoms with E-state index in [1.54, 1.807) is 11.5 Å². The third-order valence-electron chi connectivity index (χ3n) is 0.486. The van der Waals surface area contributed by atoms with Gasteiger partial charge in [-0.15, -0.1) is 18.3 Å². The predicted octanol–water partition coefficient (Wildman–Crippen LogP) is 1.33. The minimum Gasteiger partial charge on any atom is -0.316 e. The molecule has 0 saturated carbocycles. The lowest BCUT2D eigenvalue weighted by atomic mass is 10.7. The molecular formula is C5H9NS. The van der Waals surface area contributed by atoms with Gasteiger partial charge in [0.1, 0.15) is 0 Å². The van der Waals surface area contributed by atoms with E-state index in [-0.39, 0.29) is 5.37 Å². The number of hydrogen-bond donors (Lipinski definition) is 1. The van der Waals surface area contributed by atoms with Crippen molar-refractivity contribution in [1.29, 1.82) is 0 Å². The zero-order valence-corrected chi connectivity index (χ0v) is 4.95. The van der Waals surface area contributed by atoms with Crippen molar-refractivity contribution >= 4 is 11.8 Å². The van der Waals surface area contributed by atoms with Gasteiger partial charge in [0.05, 0.1) is 5.37 Å². The molecule has 2 N–H and O–H groups in total. The first kappa shape index (κ1) is 6.79. The van der Waals surface area contributed by atoms with Gasteiger partial charge >= 0.3 is 0 Å². The molecule has 0 saturated heterocycles. The summed E-state index contributed by atoms with van der Waals surface area (Å²) in [5.41, 5.74) is 5.36. The van der Waals surface area contributed by atoms with Gasteiger partial charge in [0, 0.05) is 0 Å². The molecule has 1 atom stereocenters. The van der Waals surface area contributed by atoms with Crippen LogP contribution in [0.15, 0.2) is 24.6 Å². The normalized spacial score (nSPS) is 12.7. The molecule has 0 aliphatic heterocycles. The van der Waals surface area contributed by atoms with Gasteiger partial charge in [0.25, 0.3) is 0 Å². The van der Waals surface area contributed by atoms with Gasteiger partial charge in [-0.25, -0.2) is 0 Å². The lowest BCUT2D eigenvalue weighted by Gasteiger charge is -1.96. The molecule has 1 unspecified atom stereocenters. The van der Waals surface area contributed by atoms with E-state index in [4.69, 9.17) is 5.73 Å². The minimum absolute atomic E-state index is 0.0116. The molecule has 0 aliphatic rings. The fourth-order valence-corrected chi connectivity index (χ4v) is 0.500. The summed E-state index contributed by atoms with van der Waals surface area (Å²) in [6.45, 7) is 6.97. The quantitative estimate of drug-likeness (QED) is 0.443. The Labute approximate surface area is 48.3 Å². The van der Waals surface area contributed by atoms with Crippen molar-refractivity contribution in [2.45, 2.75) is 5.37 Å². The summed E-state index contributed by atoms with van der Waals surface area (Å²) < 4.78 is 0. The first-order valence-corrected chi connectivity index (χ1v) is 2.90. The Kier molecular flexibility index (Phi) is 3.84. The second-order valence-corrected chi connectivity index (χ2v) is 2.15. The Morgan fingerprint density at radius 1 is 1.57 bits per heavy atom. The van der Waals surface area contributed by atoms with Crippen LogP contribution in [-0.4, -0.2) is 5.37 Å². The van der Waals surface area contributed by atoms with Crippen LogP contribution in [0.1, 0.15) is 0 Å². The van der Waals surface area contributed by atoms with E-state index in [1.165, 1.54) is 11.8 Å². The van der Waals surface area contributed by atoms with Crippen LogP contribution in [-0.2, 0) is 0 Å². The molecule has 1 nitrogen and oxygen atoms in total. The largest absolute Gasteiger partial charge is 0.316 e. The summed E-state index contributed by atoms with van der Waals surface area (Å²) in [5, 5.41) is 1.71. The number of rotatable bonds is 3. The average Bonchev–Trinajstić information content (AvgIpc) is 1.68. The van der Waals surface area contributed by atoms with Gasteiger partial charge < -0.3 is 5.73 Å². The second kappa shape index (κ2) is 3.96. The molecule has 0 aromatic heterocycles. The smallest absolute Gasteiger partial charge is 0.0732 e. The Balaban J connectivity index is 3.15. The predicted molar refractivity (Wildman–Crippen MR) is 36.0 cm³/mol. The SMILES string of the molecule is C=CSC(N)C=C. The summed E-state index contributed by atoms with van der Waals surface area (Å²) in [4.78, 5) is 0. The Morgan fingerprint density at radius 3 is 2.29 bits per heavy atom. The summed E-state index contributed by atoms with van der Waals surface area (Å²) in [6, 6.07) is 0. The highest BCUT2D eigenvalue weighted by atomic mass is 32.2. The molecule has 0 radical (unpaired) electrons. The van der Waals surface area contributed by atoms with Crippen LogP contribution >= 0.6 is 11.8 Å².